The Labute approximate surface area is 153 Å². The molecular formula is C19H18F2N4O2. The molecular weight excluding hydrogens is 354 g/mol. The van der Waals surface area contributed by atoms with Crippen LogP contribution in [0, 0.1) is 17.6 Å². The van der Waals surface area contributed by atoms with Crippen molar-refractivity contribution in [2.45, 2.75) is 26.9 Å². The van der Waals surface area contributed by atoms with E-state index in [4.69, 9.17) is 0 Å². The number of pyridine rings is 1. The number of nitrogens with one attached hydrogen (secondary N) is 1. The van der Waals surface area contributed by atoms with Gasteiger partial charge in [-0.15, -0.1) is 0 Å². The number of benzene rings is 1. The Kier molecular flexibility index (Phi) is 5.25. The fourth-order valence-corrected chi connectivity index (χ4v) is 2.70. The highest BCUT2D eigenvalue weighted by Gasteiger charge is 2.19. The van der Waals surface area contributed by atoms with Crippen molar-refractivity contribution >= 4 is 17.1 Å². The third kappa shape index (κ3) is 3.99. The number of fused-ring (bicyclic) bond motifs is 1. The number of nitrogens with zero attached hydrogens (tertiary/aromatic N) is 3. The first kappa shape index (κ1) is 18.6. The monoisotopic (exact) mass is 372 g/mol. The molecule has 27 heavy (non-hydrogen) atoms. The number of carbonyl (C=O) groups excluding carboxylic acids is 1. The first-order valence-corrected chi connectivity index (χ1v) is 8.44. The van der Waals surface area contributed by atoms with Crippen molar-refractivity contribution in [2.24, 2.45) is 5.92 Å². The molecule has 1 aromatic carbocycles. The summed E-state index contributed by atoms with van der Waals surface area (Å²) in [7, 11) is 0. The number of amides is 1. The van der Waals surface area contributed by atoms with E-state index >= 15 is 0 Å². The van der Waals surface area contributed by atoms with Crippen molar-refractivity contribution in [1.29, 1.82) is 0 Å². The van der Waals surface area contributed by atoms with Gasteiger partial charge in [0.1, 0.15) is 17.2 Å². The van der Waals surface area contributed by atoms with Crippen LogP contribution in [0.1, 0.15) is 29.9 Å². The third-order valence-corrected chi connectivity index (χ3v) is 3.91. The quantitative estimate of drug-likeness (QED) is 0.747. The van der Waals surface area contributed by atoms with E-state index in [9.17, 15) is 18.4 Å². The summed E-state index contributed by atoms with van der Waals surface area (Å²) in [5.74, 6) is -1.88. The average molecular weight is 372 g/mol. The smallest absolute Gasteiger partial charge is 0.283 e. The highest BCUT2D eigenvalue weighted by molar-refractivity contribution is 5.93. The van der Waals surface area contributed by atoms with Crippen LogP contribution in [0.4, 0.5) is 8.78 Å². The molecule has 2 aromatic heterocycles. The van der Waals surface area contributed by atoms with Gasteiger partial charge >= 0.3 is 0 Å². The van der Waals surface area contributed by atoms with Gasteiger partial charge in [0, 0.05) is 24.8 Å². The molecule has 1 amide bonds. The average Bonchev–Trinajstić information content (AvgIpc) is 2.64. The maximum absolute atomic E-state index is 13.7. The van der Waals surface area contributed by atoms with Gasteiger partial charge in [-0.25, -0.2) is 18.7 Å². The minimum atomic E-state index is -0.757. The van der Waals surface area contributed by atoms with Gasteiger partial charge in [-0.05, 0) is 36.2 Å². The standard InChI is InChI=1S/C19H18F2N4O2/c1-11(2)10-25-17-15(4-3-7-22-17)24-16(19(25)27)18(26)23-9-12-8-13(20)5-6-14(12)21/h3-8,11H,9-10H2,1-2H3,(H,23,26). The molecule has 8 heteroatoms. The summed E-state index contributed by atoms with van der Waals surface area (Å²) in [4.78, 5) is 33.6. The molecule has 0 aliphatic heterocycles. The fourth-order valence-electron chi connectivity index (χ4n) is 2.70. The summed E-state index contributed by atoms with van der Waals surface area (Å²) in [6, 6.07) is 6.27. The summed E-state index contributed by atoms with van der Waals surface area (Å²) < 4.78 is 28.4. The molecule has 0 saturated heterocycles. The zero-order chi connectivity index (χ0) is 19.6. The summed E-state index contributed by atoms with van der Waals surface area (Å²) >= 11 is 0. The van der Waals surface area contributed by atoms with Gasteiger partial charge in [-0.2, -0.15) is 0 Å². The van der Waals surface area contributed by atoms with Crippen molar-refractivity contribution in [2.75, 3.05) is 0 Å². The molecule has 0 spiro atoms. The molecule has 3 aromatic rings. The van der Waals surface area contributed by atoms with Gasteiger partial charge in [0.25, 0.3) is 11.5 Å². The number of halogens is 2. The highest BCUT2D eigenvalue weighted by Crippen LogP contribution is 2.11. The first-order valence-electron chi connectivity index (χ1n) is 8.44. The van der Waals surface area contributed by atoms with E-state index < -0.39 is 23.1 Å². The molecule has 6 nitrogen and oxygen atoms in total. The number of rotatable bonds is 5. The van der Waals surface area contributed by atoms with Crippen LogP contribution >= 0.6 is 0 Å². The van der Waals surface area contributed by atoms with Crippen molar-refractivity contribution < 1.29 is 13.6 Å². The summed E-state index contributed by atoms with van der Waals surface area (Å²) in [5.41, 5.74) is -0.114. The van der Waals surface area contributed by atoms with Gasteiger partial charge in [-0.3, -0.25) is 14.2 Å². The summed E-state index contributed by atoms with van der Waals surface area (Å²) in [6.07, 6.45) is 1.55. The maximum Gasteiger partial charge on any atom is 0.283 e. The van der Waals surface area contributed by atoms with E-state index in [2.05, 4.69) is 15.3 Å². The number of aromatic nitrogens is 3. The second-order valence-corrected chi connectivity index (χ2v) is 6.53. The molecule has 0 saturated carbocycles. The second-order valence-electron chi connectivity index (χ2n) is 6.53. The van der Waals surface area contributed by atoms with Crippen LogP contribution in [-0.4, -0.2) is 20.4 Å². The topological polar surface area (TPSA) is 76.9 Å². The summed E-state index contributed by atoms with van der Waals surface area (Å²) in [6.45, 7) is 3.98. The Balaban J connectivity index is 1.95. The number of hydrogen-bond acceptors (Lipinski definition) is 4. The maximum atomic E-state index is 13.7. The molecule has 0 bridgehead atoms. The summed E-state index contributed by atoms with van der Waals surface area (Å²) in [5, 5.41) is 2.43. The molecule has 0 aliphatic rings. The molecule has 1 N–H and O–H groups in total. The molecule has 0 unspecified atom stereocenters. The third-order valence-electron chi connectivity index (χ3n) is 3.91. The molecule has 0 atom stereocenters. The van der Waals surface area contributed by atoms with Crippen LogP contribution < -0.4 is 10.9 Å². The molecule has 3 rings (SSSR count). The van der Waals surface area contributed by atoms with Crippen molar-refractivity contribution in [3.05, 3.63) is 69.8 Å². The lowest BCUT2D eigenvalue weighted by molar-refractivity contribution is 0.0943. The van der Waals surface area contributed by atoms with E-state index in [1.165, 1.54) is 4.57 Å². The largest absolute Gasteiger partial charge is 0.346 e. The Hall–Kier alpha value is -3.16. The van der Waals surface area contributed by atoms with Crippen LogP contribution in [0.25, 0.3) is 11.2 Å². The van der Waals surface area contributed by atoms with Crippen LogP contribution in [0.5, 0.6) is 0 Å². The second kappa shape index (κ2) is 7.61. The molecule has 0 radical (unpaired) electrons. The van der Waals surface area contributed by atoms with Crippen LogP contribution in [0.15, 0.2) is 41.3 Å². The lowest BCUT2D eigenvalue weighted by atomic mass is 10.2. The molecule has 140 valence electrons. The van der Waals surface area contributed by atoms with Crippen molar-refractivity contribution in [1.82, 2.24) is 19.9 Å². The van der Waals surface area contributed by atoms with Crippen LogP contribution in [-0.2, 0) is 13.1 Å². The van der Waals surface area contributed by atoms with Crippen molar-refractivity contribution in [3.63, 3.8) is 0 Å². The van der Waals surface area contributed by atoms with Gasteiger partial charge in [0.05, 0.1) is 0 Å². The minimum Gasteiger partial charge on any atom is -0.346 e. The fraction of sp³-hybridized carbons (Fsp3) is 0.263. The molecule has 0 fully saturated rings. The van der Waals surface area contributed by atoms with E-state index in [1.807, 2.05) is 13.8 Å². The zero-order valence-electron chi connectivity index (χ0n) is 14.9. The SMILES string of the molecule is CC(C)Cn1c(=O)c(C(=O)NCc2cc(F)ccc2F)nc2cccnc21. The first-order chi connectivity index (χ1) is 12.9. The zero-order valence-corrected chi connectivity index (χ0v) is 14.9. The number of carbonyl (C=O) groups is 1. The van der Waals surface area contributed by atoms with Crippen LogP contribution in [0.3, 0.4) is 0 Å². The predicted octanol–water partition coefficient (Wildman–Crippen LogP) is 2.66. The Bertz CT molecular complexity index is 1060. The number of hydrogen-bond donors (Lipinski definition) is 1. The van der Waals surface area contributed by atoms with E-state index in [-0.39, 0.29) is 23.7 Å². The van der Waals surface area contributed by atoms with Gasteiger partial charge in [-0.1, -0.05) is 13.8 Å². The Morgan fingerprint density at radius 1 is 1.26 bits per heavy atom. The lowest BCUT2D eigenvalue weighted by Crippen LogP contribution is -2.35. The van der Waals surface area contributed by atoms with Gasteiger partial charge in [0.2, 0.25) is 0 Å². The van der Waals surface area contributed by atoms with Gasteiger partial charge < -0.3 is 5.32 Å². The predicted molar refractivity (Wildman–Crippen MR) is 96.2 cm³/mol. The van der Waals surface area contributed by atoms with Crippen LogP contribution in [0.2, 0.25) is 0 Å². The van der Waals surface area contributed by atoms with E-state index in [0.29, 0.717) is 17.7 Å². The van der Waals surface area contributed by atoms with Gasteiger partial charge in [0.15, 0.2) is 11.3 Å². The normalized spacial score (nSPS) is 11.1. The Morgan fingerprint density at radius 3 is 2.78 bits per heavy atom. The minimum absolute atomic E-state index is 0.0201. The highest BCUT2D eigenvalue weighted by atomic mass is 19.1. The molecule has 0 aliphatic carbocycles. The Morgan fingerprint density at radius 2 is 2.04 bits per heavy atom. The van der Waals surface area contributed by atoms with E-state index in [0.717, 1.165) is 18.2 Å². The lowest BCUT2D eigenvalue weighted by Gasteiger charge is -2.13. The van der Waals surface area contributed by atoms with Crippen molar-refractivity contribution in [3.8, 4) is 0 Å². The van der Waals surface area contributed by atoms with E-state index in [1.54, 1.807) is 18.3 Å². The molecule has 2 heterocycles.